The van der Waals surface area contributed by atoms with E-state index in [-0.39, 0.29) is 5.56 Å². The minimum atomic E-state index is 0.0487. The quantitative estimate of drug-likeness (QED) is 0.915. The third-order valence-corrected chi connectivity index (χ3v) is 4.21. The maximum Gasteiger partial charge on any atom is 0.252 e. The predicted octanol–water partition coefficient (Wildman–Crippen LogP) is 3.14. The van der Waals surface area contributed by atoms with Crippen molar-refractivity contribution >= 4 is 16.6 Å². The molecule has 0 radical (unpaired) electrons. The predicted molar refractivity (Wildman–Crippen MR) is 79.6 cm³/mol. The molecule has 0 spiro atoms. The molecule has 1 aliphatic carbocycles. The first-order valence-electron chi connectivity index (χ1n) is 7.08. The van der Waals surface area contributed by atoms with E-state index in [9.17, 15) is 4.79 Å². The van der Waals surface area contributed by atoms with Crippen molar-refractivity contribution < 1.29 is 0 Å². The summed E-state index contributed by atoms with van der Waals surface area (Å²) in [6, 6.07) is 9.79. The fourth-order valence-electron chi connectivity index (χ4n) is 3.03. The molecular formula is C16H20N2O. The van der Waals surface area contributed by atoms with Gasteiger partial charge in [0.15, 0.2) is 0 Å². The highest BCUT2D eigenvalue weighted by molar-refractivity contribution is 5.91. The molecule has 100 valence electrons. The van der Waals surface area contributed by atoms with Gasteiger partial charge in [-0.05, 0) is 24.8 Å². The molecule has 3 rings (SSSR count). The van der Waals surface area contributed by atoms with Crippen molar-refractivity contribution in [2.45, 2.75) is 25.7 Å². The Balaban J connectivity index is 1.94. The van der Waals surface area contributed by atoms with Crippen LogP contribution < -0.4 is 10.9 Å². The van der Waals surface area contributed by atoms with E-state index in [0.717, 1.165) is 29.1 Å². The number of aryl methyl sites for hydroxylation is 1. The van der Waals surface area contributed by atoms with Gasteiger partial charge in [-0.25, -0.2) is 0 Å². The van der Waals surface area contributed by atoms with E-state index in [0.29, 0.717) is 0 Å². The molecule has 1 aliphatic rings. The second-order valence-corrected chi connectivity index (χ2v) is 5.50. The summed E-state index contributed by atoms with van der Waals surface area (Å²) in [7, 11) is 1.82. The molecule has 0 unspecified atom stereocenters. The second-order valence-electron chi connectivity index (χ2n) is 5.50. The number of benzene rings is 1. The lowest BCUT2D eigenvalue weighted by Crippen LogP contribution is -2.19. The van der Waals surface area contributed by atoms with Gasteiger partial charge in [0.1, 0.15) is 0 Å². The maximum absolute atomic E-state index is 12.0. The van der Waals surface area contributed by atoms with Crippen LogP contribution in [0.2, 0.25) is 0 Å². The van der Waals surface area contributed by atoms with E-state index >= 15 is 0 Å². The average molecular weight is 256 g/mol. The lowest BCUT2D eigenvalue weighted by molar-refractivity contribution is 0.580. The van der Waals surface area contributed by atoms with Crippen molar-refractivity contribution in [3.63, 3.8) is 0 Å². The first kappa shape index (κ1) is 12.3. The third kappa shape index (κ3) is 2.37. The Kier molecular flexibility index (Phi) is 3.28. The number of nitrogens with one attached hydrogen (secondary N) is 1. The molecule has 0 aliphatic heterocycles. The van der Waals surface area contributed by atoms with Crippen LogP contribution in [0.15, 0.2) is 35.1 Å². The number of nitrogens with zero attached hydrogens (tertiary/aromatic N) is 1. The minimum absolute atomic E-state index is 0.0487. The molecule has 1 saturated carbocycles. The zero-order valence-electron chi connectivity index (χ0n) is 11.4. The molecular weight excluding hydrogens is 236 g/mol. The first-order valence-corrected chi connectivity index (χ1v) is 7.08. The molecule has 0 bridgehead atoms. The number of rotatable bonds is 3. The smallest absolute Gasteiger partial charge is 0.252 e. The third-order valence-electron chi connectivity index (χ3n) is 4.21. The van der Waals surface area contributed by atoms with Gasteiger partial charge in [0, 0.05) is 30.7 Å². The Morgan fingerprint density at radius 1 is 1.26 bits per heavy atom. The second kappa shape index (κ2) is 5.08. The van der Waals surface area contributed by atoms with Crippen LogP contribution >= 0.6 is 0 Å². The fraction of sp³-hybridized carbons (Fsp3) is 0.438. The van der Waals surface area contributed by atoms with Crippen LogP contribution in [0.3, 0.4) is 0 Å². The van der Waals surface area contributed by atoms with Gasteiger partial charge in [-0.15, -0.1) is 0 Å². The van der Waals surface area contributed by atoms with Crippen LogP contribution in [-0.4, -0.2) is 11.1 Å². The van der Waals surface area contributed by atoms with Crippen molar-refractivity contribution in [1.82, 2.24) is 4.57 Å². The van der Waals surface area contributed by atoms with E-state index in [4.69, 9.17) is 0 Å². The first-order chi connectivity index (χ1) is 9.25. The van der Waals surface area contributed by atoms with Gasteiger partial charge in [-0.1, -0.05) is 31.0 Å². The molecule has 19 heavy (non-hydrogen) atoms. The summed E-state index contributed by atoms with van der Waals surface area (Å²) in [6.07, 6.45) is 5.33. The zero-order chi connectivity index (χ0) is 13.2. The van der Waals surface area contributed by atoms with Crippen LogP contribution in [0.5, 0.6) is 0 Å². The highest BCUT2D eigenvalue weighted by Crippen LogP contribution is 2.26. The zero-order valence-corrected chi connectivity index (χ0v) is 11.4. The Morgan fingerprint density at radius 2 is 2.00 bits per heavy atom. The van der Waals surface area contributed by atoms with Gasteiger partial charge in [-0.2, -0.15) is 0 Å². The molecule has 3 heteroatoms. The number of anilines is 1. The lowest BCUT2D eigenvalue weighted by Gasteiger charge is -2.15. The summed E-state index contributed by atoms with van der Waals surface area (Å²) in [6.45, 7) is 0.983. The van der Waals surface area contributed by atoms with E-state index in [1.165, 1.54) is 25.7 Å². The Morgan fingerprint density at radius 3 is 2.79 bits per heavy atom. The van der Waals surface area contributed by atoms with Gasteiger partial charge < -0.3 is 9.88 Å². The monoisotopic (exact) mass is 256 g/mol. The average Bonchev–Trinajstić information content (AvgIpc) is 2.95. The number of pyridine rings is 1. The highest BCUT2D eigenvalue weighted by Gasteiger charge is 2.15. The summed E-state index contributed by atoms with van der Waals surface area (Å²) in [5, 5.41) is 4.61. The van der Waals surface area contributed by atoms with Crippen LogP contribution in [0, 0.1) is 5.92 Å². The Hall–Kier alpha value is -1.77. The largest absolute Gasteiger partial charge is 0.384 e. The van der Waals surface area contributed by atoms with Gasteiger partial charge in [0.2, 0.25) is 0 Å². The number of para-hydroxylation sites is 1. The number of fused-ring (bicyclic) bond motifs is 1. The number of aromatic nitrogens is 1. The summed E-state index contributed by atoms with van der Waals surface area (Å²) in [5.74, 6) is 0.767. The highest BCUT2D eigenvalue weighted by atomic mass is 16.1. The number of hydrogen-bond donors (Lipinski definition) is 1. The van der Waals surface area contributed by atoms with E-state index < -0.39 is 0 Å². The van der Waals surface area contributed by atoms with Crippen LogP contribution in [0.1, 0.15) is 25.7 Å². The van der Waals surface area contributed by atoms with Crippen molar-refractivity contribution in [1.29, 1.82) is 0 Å². The fourth-order valence-corrected chi connectivity index (χ4v) is 3.03. The molecule has 1 fully saturated rings. The van der Waals surface area contributed by atoms with Crippen LogP contribution in [-0.2, 0) is 7.05 Å². The molecule has 1 aromatic carbocycles. The van der Waals surface area contributed by atoms with Crippen molar-refractivity contribution in [2.75, 3.05) is 11.9 Å². The van der Waals surface area contributed by atoms with Crippen LogP contribution in [0.25, 0.3) is 10.9 Å². The molecule has 2 aromatic rings. The summed E-state index contributed by atoms with van der Waals surface area (Å²) in [4.78, 5) is 12.0. The normalized spacial score (nSPS) is 16.1. The Bertz CT molecular complexity index is 639. The maximum atomic E-state index is 12.0. The molecule has 1 N–H and O–H groups in total. The lowest BCUT2D eigenvalue weighted by atomic mass is 10.1. The summed E-state index contributed by atoms with van der Waals surface area (Å²) >= 11 is 0. The molecule has 0 amide bonds. The SMILES string of the molecule is Cn1c(=O)cc(NCC2CCCC2)c2ccccc21. The molecule has 1 aromatic heterocycles. The van der Waals surface area contributed by atoms with Gasteiger partial charge >= 0.3 is 0 Å². The van der Waals surface area contributed by atoms with E-state index in [1.54, 1.807) is 10.6 Å². The van der Waals surface area contributed by atoms with Gasteiger partial charge in [0.05, 0.1) is 5.52 Å². The molecule has 0 atom stereocenters. The minimum Gasteiger partial charge on any atom is -0.384 e. The summed E-state index contributed by atoms with van der Waals surface area (Å²) in [5.41, 5.74) is 2.02. The van der Waals surface area contributed by atoms with Gasteiger partial charge in [-0.3, -0.25) is 4.79 Å². The number of hydrogen-bond acceptors (Lipinski definition) is 2. The van der Waals surface area contributed by atoms with Crippen LogP contribution in [0.4, 0.5) is 5.69 Å². The molecule has 0 saturated heterocycles. The Labute approximate surface area is 113 Å². The van der Waals surface area contributed by atoms with Crippen molar-refractivity contribution in [3.05, 3.63) is 40.7 Å². The van der Waals surface area contributed by atoms with Gasteiger partial charge in [0.25, 0.3) is 5.56 Å². The van der Waals surface area contributed by atoms with Crippen molar-refractivity contribution in [3.8, 4) is 0 Å². The molecule has 1 heterocycles. The van der Waals surface area contributed by atoms with E-state index in [2.05, 4.69) is 11.4 Å². The molecule has 3 nitrogen and oxygen atoms in total. The van der Waals surface area contributed by atoms with Crippen molar-refractivity contribution in [2.24, 2.45) is 13.0 Å². The standard InChI is InChI=1S/C16H20N2O/c1-18-15-9-5-4-8-13(15)14(10-16(18)19)17-11-12-6-2-3-7-12/h4-5,8-10,12,17H,2-3,6-7,11H2,1H3. The topological polar surface area (TPSA) is 34.0 Å². The summed E-state index contributed by atoms with van der Waals surface area (Å²) < 4.78 is 1.70. The van der Waals surface area contributed by atoms with E-state index in [1.807, 2.05) is 25.2 Å².